The minimum absolute atomic E-state index is 0. The highest BCUT2D eigenvalue weighted by atomic mass is 35.5. The minimum Gasteiger partial charge on any atom is -0.495 e. The molecule has 2 atom stereocenters. The summed E-state index contributed by atoms with van der Waals surface area (Å²) < 4.78 is 5.33. The number of ether oxygens (including phenoxy) is 1. The maximum atomic E-state index is 12.7. The van der Waals surface area contributed by atoms with Gasteiger partial charge in [0, 0.05) is 19.5 Å². The molecule has 6 nitrogen and oxygen atoms in total. The van der Waals surface area contributed by atoms with Crippen LogP contribution in [0.15, 0.2) is 24.3 Å². The quantitative estimate of drug-likeness (QED) is 0.801. The van der Waals surface area contributed by atoms with Gasteiger partial charge >= 0.3 is 0 Å². The van der Waals surface area contributed by atoms with Crippen LogP contribution >= 0.6 is 12.4 Å². The Bertz CT molecular complexity index is 650. The number of nitrogens with two attached hydrogens (primary N) is 1. The first-order valence-electron chi connectivity index (χ1n) is 8.44. The van der Waals surface area contributed by atoms with Gasteiger partial charge in [-0.2, -0.15) is 0 Å². The number of nitrogens with one attached hydrogen (secondary N) is 1. The molecular formula is C18H26ClN3O3. The van der Waals surface area contributed by atoms with Crippen molar-refractivity contribution in [2.24, 2.45) is 17.6 Å². The van der Waals surface area contributed by atoms with Crippen LogP contribution in [0.25, 0.3) is 0 Å². The van der Waals surface area contributed by atoms with Gasteiger partial charge < -0.3 is 20.7 Å². The van der Waals surface area contributed by atoms with Gasteiger partial charge in [-0.1, -0.05) is 12.1 Å². The lowest BCUT2D eigenvalue weighted by Crippen LogP contribution is -2.54. The predicted molar refractivity (Wildman–Crippen MR) is 99.0 cm³/mol. The number of halogens is 1. The van der Waals surface area contributed by atoms with Crippen molar-refractivity contribution < 1.29 is 14.3 Å². The fourth-order valence-electron chi connectivity index (χ4n) is 3.39. The van der Waals surface area contributed by atoms with Gasteiger partial charge in [-0.3, -0.25) is 9.59 Å². The second-order valence-corrected chi connectivity index (χ2v) is 6.96. The molecule has 2 amide bonds. The van der Waals surface area contributed by atoms with E-state index in [2.05, 4.69) is 5.32 Å². The second kappa shape index (κ2) is 7.62. The Labute approximate surface area is 154 Å². The Morgan fingerprint density at radius 3 is 2.68 bits per heavy atom. The number of hydrogen-bond donors (Lipinski definition) is 2. The van der Waals surface area contributed by atoms with Crippen LogP contribution in [0.5, 0.6) is 5.75 Å². The van der Waals surface area contributed by atoms with Crippen LogP contribution in [0, 0.1) is 11.8 Å². The molecule has 0 bridgehead atoms. The molecule has 25 heavy (non-hydrogen) atoms. The molecule has 7 heteroatoms. The Morgan fingerprint density at radius 2 is 2.08 bits per heavy atom. The van der Waals surface area contributed by atoms with Crippen LogP contribution in [0.1, 0.15) is 26.2 Å². The van der Waals surface area contributed by atoms with E-state index < -0.39 is 0 Å². The third kappa shape index (κ3) is 3.90. The number of para-hydroxylation sites is 2. The van der Waals surface area contributed by atoms with Gasteiger partial charge in [0.25, 0.3) is 0 Å². The summed E-state index contributed by atoms with van der Waals surface area (Å²) in [5, 5.41) is 3.09. The van der Waals surface area contributed by atoms with E-state index >= 15 is 0 Å². The average molecular weight is 368 g/mol. The van der Waals surface area contributed by atoms with E-state index in [-0.39, 0.29) is 42.1 Å². The van der Waals surface area contributed by atoms with E-state index in [1.54, 1.807) is 12.0 Å². The molecule has 0 radical (unpaired) electrons. The second-order valence-electron chi connectivity index (χ2n) is 6.96. The zero-order valence-corrected chi connectivity index (χ0v) is 15.5. The largest absolute Gasteiger partial charge is 0.495 e. The maximum Gasteiger partial charge on any atom is 0.227 e. The maximum absolute atomic E-state index is 12.7. The number of nitrogens with zero attached hydrogens (tertiary/aromatic N) is 1. The average Bonchev–Trinajstić information content (AvgIpc) is 3.38. The van der Waals surface area contributed by atoms with Crippen LogP contribution in [0.2, 0.25) is 0 Å². The molecule has 1 aliphatic heterocycles. The summed E-state index contributed by atoms with van der Waals surface area (Å²) in [6.45, 7) is 2.79. The molecule has 3 rings (SSSR count). The van der Waals surface area contributed by atoms with Crippen molar-refractivity contribution in [3.8, 4) is 5.75 Å². The summed E-state index contributed by atoms with van der Waals surface area (Å²) in [5.74, 6) is 0.596. The Kier molecular flexibility index (Phi) is 5.95. The molecule has 2 unspecified atom stereocenters. The SMILES string of the molecule is COc1ccccc1N1CC(C(=O)NC(C)(CN)C2CC2)CC1=O.Cl. The van der Waals surface area contributed by atoms with Crippen LogP contribution in [0.4, 0.5) is 5.69 Å². The van der Waals surface area contributed by atoms with Crippen LogP contribution in [-0.2, 0) is 9.59 Å². The number of carbonyl (C=O) groups excluding carboxylic acids is 2. The first-order valence-corrected chi connectivity index (χ1v) is 8.44. The monoisotopic (exact) mass is 367 g/mol. The topological polar surface area (TPSA) is 84.7 Å². The lowest BCUT2D eigenvalue weighted by Gasteiger charge is -2.30. The highest BCUT2D eigenvalue weighted by Gasteiger charge is 2.44. The first kappa shape index (κ1) is 19.5. The highest BCUT2D eigenvalue weighted by Crippen LogP contribution is 2.39. The molecule has 138 valence electrons. The van der Waals surface area contributed by atoms with Gasteiger partial charge in [-0.25, -0.2) is 0 Å². The molecule has 1 saturated heterocycles. The fraction of sp³-hybridized carbons (Fsp3) is 0.556. The predicted octanol–water partition coefficient (Wildman–Crippen LogP) is 1.71. The summed E-state index contributed by atoms with van der Waals surface area (Å²) in [6.07, 6.45) is 2.42. The molecule has 1 aliphatic carbocycles. The molecule has 3 N–H and O–H groups in total. The molecule has 2 fully saturated rings. The lowest BCUT2D eigenvalue weighted by molar-refractivity contribution is -0.128. The van der Waals surface area contributed by atoms with Crippen LogP contribution in [-0.4, -0.2) is 37.6 Å². The van der Waals surface area contributed by atoms with E-state index in [9.17, 15) is 9.59 Å². The van der Waals surface area contributed by atoms with Crippen molar-refractivity contribution in [3.63, 3.8) is 0 Å². The summed E-state index contributed by atoms with van der Waals surface area (Å²) in [6, 6.07) is 7.37. The highest BCUT2D eigenvalue weighted by molar-refractivity contribution is 6.01. The molecule has 0 spiro atoms. The molecule has 1 heterocycles. The van der Waals surface area contributed by atoms with Gasteiger partial charge in [0.1, 0.15) is 5.75 Å². The minimum atomic E-state index is -0.363. The number of amides is 2. The summed E-state index contributed by atoms with van der Waals surface area (Å²) >= 11 is 0. The van der Waals surface area contributed by atoms with Crippen molar-refractivity contribution in [1.29, 1.82) is 0 Å². The number of hydrogen-bond acceptors (Lipinski definition) is 4. The van der Waals surface area contributed by atoms with Gasteiger partial charge in [-0.05, 0) is 37.8 Å². The van der Waals surface area contributed by atoms with Crippen molar-refractivity contribution >= 4 is 29.9 Å². The summed E-state index contributed by atoms with van der Waals surface area (Å²) in [4.78, 5) is 26.7. The van der Waals surface area contributed by atoms with E-state index in [1.807, 2.05) is 31.2 Å². The van der Waals surface area contributed by atoms with Crippen molar-refractivity contribution in [2.45, 2.75) is 31.7 Å². The number of carbonyl (C=O) groups is 2. The molecule has 0 aromatic heterocycles. The first-order chi connectivity index (χ1) is 11.5. The van der Waals surface area contributed by atoms with Crippen LogP contribution < -0.4 is 20.7 Å². The fourth-order valence-corrected chi connectivity index (χ4v) is 3.39. The number of benzene rings is 1. The van der Waals surface area contributed by atoms with E-state index in [4.69, 9.17) is 10.5 Å². The van der Waals surface area contributed by atoms with Gasteiger partial charge in [0.2, 0.25) is 11.8 Å². The Morgan fingerprint density at radius 1 is 1.40 bits per heavy atom. The van der Waals surface area contributed by atoms with E-state index in [1.165, 1.54) is 0 Å². The Balaban J connectivity index is 0.00000225. The van der Waals surface area contributed by atoms with Gasteiger partial charge in [0.15, 0.2) is 0 Å². The number of methoxy groups -OCH3 is 1. The third-order valence-corrected chi connectivity index (χ3v) is 5.18. The smallest absolute Gasteiger partial charge is 0.227 e. The third-order valence-electron chi connectivity index (χ3n) is 5.18. The molecular weight excluding hydrogens is 342 g/mol. The normalized spacial score (nSPS) is 22.1. The Hall–Kier alpha value is -1.79. The van der Waals surface area contributed by atoms with Gasteiger partial charge in [0.05, 0.1) is 24.3 Å². The van der Waals surface area contributed by atoms with Crippen molar-refractivity contribution in [3.05, 3.63) is 24.3 Å². The van der Waals surface area contributed by atoms with Gasteiger partial charge in [-0.15, -0.1) is 12.4 Å². The molecule has 1 aromatic rings. The number of rotatable bonds is 6. The zero-order chi connectivity index (χ0) is 17.3. The lowest BCUT2D eigenvalue weighted by atomic mass is 9.94. The van der Waals surface area contributed by atoms with Crippen LogP contribution in [0.3, 0.4) is 0 Å². The van der Waals surface area contributed by atoms with E-state index in [0.29, 0.717) is 30.4 Å². The molecule has 2 aliphatic rings. The molecule has 1 aromatic carbocycles. The number of anilines is 1. The van der Waals surface area contributed by atoms with E-state index in [0.717, 1.165) is 12.8 Å². The summed E-state index contributed by atoms with van der Waals surface area (Å²) in [7, 11) is 1.58. The van der Waals surface area contributed by atoms with Crippen molar-refractivity contribution in [2.75, 3.05) is 25.1 Å². The summed E-state index contributed by atoms with van der Waals surface area (Å²) in [5.41, 5.74) is 6.22. The molecule has 1 saturated carbocycles. The van der Waals surface area contributed by atoms with Crippen molar-refractivity contribution in [1.82, 2.24) is 5.32 Å². The zero-order valence-electron chi connectivity index (χ0n) is 14.7. The standard InChI is InChI=1S/C18H25N3O3.ClH/c1-18(11-19,13-7-8-13)20-17(23)12-9-16(22)21(10-12)14-5-3-4-6-15(14)24-2;/h3-6,12-13H,7-11,19H2,1-2H3,(H,20,23);1H.